The van der Waals surface area contributed by atoms with E-state index in [1.54, 1.807) is 13.4 Å². The van der Waals surface area contributed by atoms with E-state index in [0.717, 1.165) is 12.0 Å². The number of hydrogen-bond acceptors (Lipinski definition) is 1. The van der Waals surface area contributed by atoms with Crippen molar-refractivity contribution in [3.05, 3.63) is 84.6 Å². The molecule has 0 aromatic heterocycles. The Kier molecular flexibility index (Phi) is 9.20. The second kappa shape index (κ2) is 11.4. The summed E-state index contributed by atoms with van der Waals surface area (Å²) in [5, 5.41) is 0. The maximum atomic E-state index is 4.77. The standard InChI is InChI=1S/C12H16.C9H10O/c1-3-4-8-11(2)12-9-6-5-7-10-12;1-10-8-7-9-5-3-2-4-6-9/h5-7,9-10H,2-4,8H2,1H3;2-8H,1H3. The molecule has 1 nitrogen and oxygen atoms in total. The summed E-state index contributed by atoms with van der Waals surface area (Å²) in [5.41, 5.74) is 3.70. The Hall–Kier alpha value is -2.28. The molecule has 1 heteroatoms. The third-order valence-electron chi connectivity index (χ3n) is 3.21. The van der Waals surface area contributed by atoms with Crippen LogP contribution >= 0.6 is 0 Å². The molecule has 0 bridgehead atoms. The summed E-state index contributed by atoms with van der Waals surface area (Å²) in [6, 6.07) is 20.4. The fraction of sp³-hybridized carbons (Fsp3) is 0.238. The third-order valence-corrected chi connectivity index (χ3v) is 3.21. The summed E-state index contributed by atoms with van der Waals surface area (Å²) in [7, 11) is 1.64. The first-order valence-corrected chi connectivity index (χ1v) is 7.75. The van der Waals surface area contributed by atoms with E-state index in [0.29, 0.717) is 0 Å². The Morgan fingerprint density at radius 3 is 2.14 bits per heavy atom. The summed E-state index contributed by atoms with van der Waals surface area (Å²) in [6.07, 6.45) is 7.19. The Balaban J connectivity index is 0.000000224. The SMILES string of the molecule is C=C(CCCC)c1ccccc1.COC=Cc1ccccc1. The van der Waals surface area contributed by atoms with Crippen LogP contribution in [0.5, 0.6) is 0 Å². The minimum atomic E-state index is 1.13. The number of hydrogen-bond donors (Lipinski definition) is 0. The zero-order chi connectivity index (χ0) is 16.0. The Morgan fingerprint density at radius 2 is 1.59 bits per heavy atom. The summed E-state index contributed by atoms with van der Waals surface area (Å²) < 4.78 is 4.77. The first-order valence-electron chi connectivity index (χ1n) is 7.75. The average Bonchev–Trinajstić information content (AvgIpc) is 2.60. The average molecular weight is 294 g/mol. The van der Waals surface area contributed by atoms with Gasteiger partial charge in [-0.2, -0.15) is 0 Å². The van der Waals surface area contributed by atoms with Gasteiger partial charge in [-0.05, 0) is 35.6 Å². The summed E-state index contributed by atoms with van der Waals surface area (Å²) in [6.45, 7) is 6.27. The zero-order valence-corrected chi connectivity index (χ0v) is 13.7. The number of ether oxygens (including phenoxy) is 1. The van der Waals surface area contributed by atoms with E-state index >= 15 is 0 Å². The van der Waals surface area contributed by atoms with Crippen molar-refractivity contribution in [2.24, 2.45) is 0 Å². The molecule has 0 amide bonds. The third kappa shape index (κ3) is 7.49. The van der Waals surface area contributed by atoms with Gasteiger partial charge in [0, 0.05) is 0 Å². The normalized spacial score (nSPS) is 9.91. The van der Waals surface area contributed by atoms with Crippen LogP contribution in [-0.4, -0.2) is 7.11 Å². The Labute approximate surface area is 135 Å². The Morgan fingerprint density at radius 1 is 1.00 bits per heavy atom. The lowest BCUT2D eigenvalue weighted by molar-refractivity contribution is 0.341. The molecule has 0 atom stereocenters. The van der Waals surface area contributed by atoms with Crippen LogP contribution in [0.4, 0.5) is 0 Å². The molecule has 2 aromatic carbocycles. The van der Waals surface area contributed by atoms with Gasteiger partial charge < -0.3 is 4.74 Å². The highest BCUT2D eigenvalue weighted by molar-refractivity contribution is 5.62. The molecule has 116 valence electrons. The van der Waals surface area contributed by atoms with Crippen molar-refractivity contribution in [1.29, 1.82) is 0 Å². The van der Waals surface area contributed by atoms with Gasteiger partial charge in [0.25, 0.3) is 0 Å². The molecule has 0 spiro atoms. The van der Waals surface area contributed by atoms with E-state index in [2.05, 4.69) is 37.8 Å². The van der Waals surface area contributed by atoms with E-state index in [9.17, 15) is 0 Å². The highest BCUT2D eigenvalue weighted by Crippen LogP contribution is 2.17. The second-order valence-corrected chi connectivity index (χ2v) is 5.02. The van der Waals surface area contributed by atoms with Crippen LogP contribution < -0.4 is 0 Å². The van der Waals surface area contributed by atoms with Gasteiger partial charge in [-0.3, -0.25) is 0 Å². The molecule has 0 saturated carbocycles. The summed E-state index contributed by atoms with van der Waals surface area (Å²) in [4.78, 5) is 0. The number of benzene rings is 2. The lowest BCUT2D eigenvalue weighted by Gasteiger charge is -2.03. The molecular formula is C21H26O. The van der Waals surface area contributed by atoms with Crippen molar-refractivity contribution in [3.8, 4) is 0 Å². The van der Waals surface area contributed by atoms with Gasteiger partial charge in [0.1, 0.15) is 0 Å². The molecular weight excluding hydrogens is 268 g/mol. The van der Waals surface area contributed by atoms with Crippen LogP contribution in [0.3, 0.4) is 0 Å². The highest BCUT2D eigenvalue weighted by Gasteiger charge is 1.95. The fourth-order valence-electron chi connectivity index (χ4n) is 1.92. The lowest BCUT2D eigenvalue weighted by atomic mass is 10.0. The van der Waals surface area contributed by atoms with Crippen LogP contribution in [-0.2, 0) is 4.74 Å². The van der Waals surface area contributed by atoms with Crippen molar-refractivity contribution in [2.75, 3.05) is 7.11 Å². The maximum absolute atomic E-state index is 4.77. The van der Waals surface area contributed by atoms with E-state index in [-0.39, 0.29) is 0 Å². The fourth-order valence-corrected chi connectivity index (χ4v) is 1.92. The van der Waals surface area contributed by atoms with Gasteiger partial charge in [0.05, 0.1) is 13.4 Å². The smallest absolute Gasteiger partial charge is 0.0830 e. The van der Waals surface area contributed by atoms with Crippen molar-refractivity contribution in [3.63, 3.8) is 0 Å². The van der Waals surface area contributed by atoms with E-state index < -0.39 is 0 Å². The van der Waals surface area contributed by atoms with Crippen LogP contribution in [0, 0.1) is 0 Å². The quantitative estimate of drug-likeness (QED) is 0.577. The van der Waals surface area contributed by atoms with Crippen LogP contribution in [0.15, 0.2) is 73.5 Å². The van der Waals surface area contributed by atoms with Crippen molar-refractivity contribution in [2.45, 2.75) is 26.2 Å². The molecule has 0 fully saturated rings. The predicted molar refractivity (Wildman–Crippen MR) is 97.5 cm³/mol. The van der Waals surface area contributed by atoms with Gasteiger partial charge in [0.2, 0.25) is 0 Å². The molecule has 0 radical (unpaired) electrons. The first kappa shape index (κ1) is 17.8. The molecule has 0 saturated heterocycles. The minimum Gasteiger partial charge on any atom is -0.504 e. The summed E-state index contributed by atoms with van der Waals surface area (Å²) >= 11 is 0. The predicted octanol–water partition coefficient (Wildman–Crippen LogP) is 6.19. The molecule has 0 unspecified atom stereocenters. The van der Waals surface area contributed by atoms with Gasteiger partial charge in [-0.15, -0.1) is 0 Å². The van der Waals surface area contributed by atoms with Crippen molar-refractivity contribution < 1.29 is 4.74 Å². The van der Waals surface area contributed by atoms with Crippen LogP contribution in [0.2, 0.25) is 0 Å². The van der Waals surface area contributed by atoms with Crippen molar-refractivity contribution in [1.82, 2.24) is 0 Å². The molecule has 22 heavy (non-hydrogen) atoms. The molecule has 2 aromatic rings. The van der Waals surface area contributed by atoms with Gasteiger partial charge >= 0.3 is 0 Å². The zero-order valence-electron chi connectivity index (χ0n) is 13.7. The van der Waals surface area contributed by atoms with Gasteiger partial charge in [0.15, 0.2) is 0 Å². The minimum absolute atomic E-state index is 1.13. The number of allylic oxidation sites excluding steroid dienone is 1. The second-order valence-electron chi connectivity index (χ2n) is 5.02. The van der Waals surface area contributed by atoms with Crippen molar-refractivity contribution >= 4 is 11.6 Å². The molecule has 0 heterocycles. The van der Waals surface area contributed by atoms with E-state index in [1.165, 1.54) is 24.0 Å². The lowest BCUT2D eigenvalue weighted by Crippen LogP contribution is -1.81. The number of rotatable bonds is 6. The monoisotopic (exact) mass is 294 g/mol. The van der Waals surface area contributed by atoms with Gasteiger partial charge in [-0.25, -0.2) is 0 Å². The molecule has 0 aliphatic rings. The first-order chi connectivity index (χ1) is 10.8. The highest BCUT2D eigenvalue weighted by atomic mass is 16.5. The summed E-state index contributed by atoms with van der Waals surface area (Å²) in [5.74, 6) is 0. The van der Waals surface area contributed by atoms with E-state index in [1.807, 2.05) is 42.5 Å². The molecule has 0 aliphatic heterocycles. The maximum Gasteiger partial charge on any atom is 0.0830 e. The number of unbranched alkanes of at least 4 members (excludes halogenated alkanes) is 1. The van der Waals surface area contributed by atoms with Crippen LogP contribution in [0.25, 0.3) is 11.6 Å². The van der Waals surface area contributed by atoms with Crippen LogP contribution in [0.1, 0.15) is 37.3 Å². The Bertz CT molecular complexity index is 541. The number of methoxy groups -OCH3 is 1. The van der Waals surface area contributed by atoms with E-state index in [4.69, 9.17) is 4.74 Å². The molecule has 0 aliphatic carbocycles. The molecule has 2 rings (SSSR count). The van der Waals surface area contributed by atoms with Gasteiger partial charge in [-0.1, -0.05) is 80.6 Å². The largest absolute Gasteiger partial charge is 0.504 e. The molecule has 0 N–H and O–H groups in total. The topological polar surface area (TPSA) is 9.23 Å².